The van der Waals surface area contributed by atoms with Crippen LogP contribution in [0, 0.1) is 11.8 Å². The predicted molar refractivity (Wildman–Crippen MR) is 61.2 cm³/mol. The van der Waals surface area contributed by atoms with Crippen LogP contribution in [0.15, 0.2) is 30.3 Å². The van der Waals surface area contributed by atoms with Crippen molar-refractivity contribution in [3.8, 4) is 0 Å². The van der Waals surface area contributed by atoms with Gasteiger partial charge in [-0.1, -0.05) is 37.3 Å². The standard InChI is InChI=1S/C13H13NO3/c1-8-7-10(13(17)14-12(8)16)11(15)9-5-3-2-4-6-9/h2-6,8,10H,7H2,1H3,(H,14,16,17). The van der Waals surface area contributed by atoms with Crippen molar-refractivity contribution >= 4 is 17.6 Å². The number of rotatable bonds is 2. The molecule has 1 aromatic rings. The topological polar surface area (TPSA) is 63.2 Å². The molecule has 2 amide bonds. The van der Waals surface area contributed by atoms with Crippen LogP contribution in [0.2, 0.25) is 0 Å². The third-order valence-corrected chi connectivity index (χ3v) is 2.97. The number of hydrogen-bond donors (Lipinski definition) is 1. The van der Waals surface area contributed by atoms with Crippen molar-refractivity contribution in [2.45, 2.75) is 13.3 Å². The molecule has 2 rings (SSSR count). The summed E-state index contributed by atoms with van der Waals surface area (Å²) < 4.78 is 0. The molecule has 1 fully saturated rings. The minimum atomic E-state index is -0.745. The van der Waals surface area contributed by atoms with Crippen molar-refractivity contribution in [1.82, 2.24) is 5.32 Å². The maximum atomic E-state index is 12.1. The van der Waals surface area contributed by atoms with E-state index in [0.29, 0.717) is 12.0 Å². The van der Waals surface area contributed by atoms with E-state index in [2.05, 4.69) is 5.32 Å². The lowest BCUT2D eigenvalue weighted by atomic mass is 9.85. The summed E-state index contributed by atoms with van der Waals surface area (Å²) in [7, 11) is 0. The average molecular weight is 231 g/mol. The van der Waals surface area contributed by atoms with Crippen molar-refractivity contribution in [1.29, 1.82) is 0 Å². The molecule has 0 aromatic heterocycles. The lowest BCUT2D eigenvalue weighted by molar-refractivity contribution is -0.137. The van der Waals surface area contributed by atoms with E-state index in [4.69, 9.17) is 0 Å². The fraction of sp³-hybridized carbons (Fsp3) is 0.308. The summed E-state index contributed by atoms with van der Waals surface area (Å²) in [4.78, 5) is 35.0. The zero-order valence-electron chi connectivity index (χ0n) is 9.47. The Morgan fingerprint density at radius 2 is 1.82 bits per heavy atom. The Kier molecular flexibility index (Phi) is 3.04. The van der Waals surface area contributed by atoms with E-state index in [1.54, 1.807) is 31.2 Å². The first-order chi connectivity index (χ1) is 8.09. The van der Waals surface area contributed by atoms with Gasteiger partial charge in [-0.15, -0.1) is 0 Å². The van der Waals surface area contributed by atoms with Crippen LogP contribution in [-0.2, 0) is 9.59 Å². The molecular formula is C13H13NO3. The highest BCUT2D eigenvalue weighted by Gasteiger charge is 2.36. The quantitative estimate of drug-likeness (QED) is 0.472. The van der Waals surface area contributed by atoms with E-state index < -0.39 is 11.8 Å². The van der Waals surface area contributed by atoms with E-state index in [1.165, 1.54) is 0 Å². The number of carbonyl (C=O) groups is 3. The maximum absolute atomic E-state index is 12.1. The van der Waals surface area contributed by atoms with Crippen LogP contribution >= 0.6 is 0 Å². The summed E-state index contributed by atoms with van der Waals surface area (Å²) in [5, 5.41) is 2.23. The van der Waals surface area contributed by atoms with Gasteiger partial charge in [-0.2, -0.15) is 0 Å². The SMILES string of the molecule is CC1CC(C(=O)c2ccccc2)C(=O)NC1=O. The second-order valence-corrected chi connectivity index (χ2v) is 4.27. The highest BCUT2D eigenvalue weighted by atomic mass is 16.2. The molecule has 2 unspecified atom stereocenters. The van der Waals surface area contributed by atoms with Crippen LogP contribution in [0.25, 0.3) is 0 Å². The number of carbonyl (C=O) groups excluding carboxylic acids is 3. The molecule has 88 valence electrons. The maximum Gasteiger partial charge on any atom is 0.237 e. The van der Waals surface area contributed by atoms with Crippen molar-refractivity contribution < 1.29 is 14.4 Å². The molecule has 2 atom stereocenters. The number of nitrogens with one attached hydrogen (secondary N) is 1. The first-order valence-electron chi connectivity index (χ1n) is 5.53. The van der Waals surface area contributed by atoms with Gasteiger partial charge >= 0.3 is 0 Å². The zero-order chi connectivity index (χ0) is 12.4. The number of imide groups is 1. The van der Waals surface area contributed by atoms with Gasteiger partial charge in [-0.05, 0) is 6.42 Å². The molecule has 1 aliphatic heterocycles. The fourth-order valence-corrected chi connectivity index (χ4v) is 1.93. The molecule has 1 aliphatic rings. The second-order valence-electron chi connectivity index (χ2n) is 4.27. The molecule has 0 radical (unpaired) electrons. The van der Waals surface area contributed by atoms with Gasteiger partial charge in [0.05, 0.1) is 0 Å². The molecule has 0 aliphatic carbocycles. The van der Waals surface area contributed by atoms with Gasteiger partial charge in [0, 0.05) is 11.5 Å². The largest absolute Gasteiger partial charge is 0.296 e. The lowest BCUT2D eigenvalue weighted by Gasteiger charge is -2.24. The average Bonchev–Trinajstić information content (AvgIpc) is 2.34. The van der Waals surface area contributed by atoms with E-state index in [-0.39, 0.29) is 17.6 Å². The molecule has 1 aromatic carbocycles. The van der Waals surface area contributed by atoms with Gasteiger partial charge in [0.15, 0.2) is 5.78 Å². The summed E-state index contributed by atoms with van der Waals surface area (Å²) in [6.07, 6.45) is 0.290. The second kappa shape index (κ2) is 4.49. The number of hydrogen-bond acceptors (Lipinski definition) is 3. The predicted octanol–water partition coefficient (Wildman–Crippen LogP) is 1.17. The molecule has 0 saturated carbocycles. The Labute approximate surface area is 99.0 Å². The number of Topliss-reactive ketones (excluding diaryl/α,β-unsaturated/α-hetero) is 1. The van der Waals surface area contributed by atoms with Gasteiger partial charge < -0.3 is 0 Å². The van der Waals surface area contributed by atoms with Crippen molar-refractivity contribution in [2.24, 2.45) is 11.8 Å². The monoisotopic (exact) mass is 231 g/mol. The molecule has 0 spiro atoms. The molecule has 1 saturated heterocycles. The summed E-state index contributed by atoms with van der Waals surface area (Å²) >= 11 is 0. The Morgan fingerprint density at radius 1 is 1.18 bits per heavy atom. The van der Waals surface area contributed by atoms with Crippen LogP contribution in [0.1, 0.15) is 23.7 Å². The summed E-state index contributed by atoms with van der Waals surface area (Å²) in [5.41, 5.74) is 0.509. The third kappa shape index (κ3) is 2.25. The van der Waals surface area contributed by atoms with Crippen molar-refractivity contribution in [2.75, 3.05) is 0 Å². The van der Waals surface area contributed by atoms with Crippen molar-refractivity contribution in [3.05, 3.63) is 35.9 Å². The highest BCUT2D eigenvalue weighted by Crippen LogP contribution is 2.21. The van der Waals surface area contributed by atoms with Gasteiger partial charge in [0.1, 0.15) is 5.92 Å². The molecule has 4 nitrogen and oxygen atoms in total. The number of benzene rings is 1. The Balaban J connectivity index is 2.20. The zero-order valence-corrected chi connectivity index (χ0v) is 9.47. The summed E-state index contributed by atoms with van der Waals surface area (Å²) in [5.74, 6) is -2.05. The van der Waals surface area contributed by atoms with Crippen LogP contribution < -0.4 is 5.32 Å². The normalized spacial score (nSPS) is 24.3. The van der Waals surface area contributed by atoms with Gasteiger partial charge in [0.25, 0.3) is 0 Å². The Hall–Kier alpha value is -1.97. The molecule has 4 heteroatoms. The first-order valence-corrected chi connectivity index (χ1v) is 5.53. The summed E-state index contributed by atoms with van der Waals surface area (Å²) in [6.45, 7) is 1.72. The van der Waals surface area contributed by atoms with Crippen LogP contribution in [0.3, 0.4) is 0 Å². The van der Waals surface area contributed by atoms with E-state index in [1.807, 2.05) is 6.07 Å². The van der Waals surface area contributed by atoms with E-state index in [0.717, 1.165) is 0 Å². The number of amides is 2. The smallest absolute Gasteiger partial charge is 0.237 e. The third-order valence-electron chi connectivity index (χ3n) is 2.97. The van der Waals surface area contributed by atoms with E-state index >= 15 is 0 Å². The summed E-state index contributed by atoms with van der Waals surface area (Å²) in [6, 6.07) is 8.67. The molecule has 1 heterocycles. The van der Waals surface area contributed by atoms with Crippen LogP contribution in [0.5, 0.6) is 0 Å². The Bertz CT molecular complexity index is 467. The number of piperidine rings is 1. The van der Waals surface area contributed by atoms with Gasteiger partial charge in [-0.25, -0.2) is 0 Å². The number of ketones is 1. The molecule has 0 bridgehead atoms. The van der Waals surface area contributed by atoms with E-state index in [9.17, 15) is 14.4 Å². The Morgan fingerprint density at radius 3 is 2.47 bits per heavy atom. The highest BCUT2D eigenvalue weighted by molar-refractivity contribution is 6.15. The molecule has 1 N–H and O–H groups in total. The molecule has 17 heavy (non-hydrogen) atoms. The van der Waals surface area contributed by atoms with Crippen LogP contribution in [0.4, 0.5) is 0 Å². The fourth-order valence-electron chi connectivity index (χ4n) is 1.93. The minimum absolute atomic E-state index is 0.220. The van der Waals surface area contributed by atoms with Crippen LogP contribution in [-0.4, -0.2) is 17.6 Å². The van der Waals surface area contributed by atoms with Crippen molar-refractivity contribution in [3.63, 3.8) is 0 Å². The van der Waals surface area contributed by atoms with Gasteiger partial charge in [-0.3, -0.25) is 19.7 Å². The first kappa shape index (κ1) is 11.5. The lowest BCUT2D eigenvalue weighted by Crippen LogP contribution is -2.47. The molecular weight excluding hydrogens is 218 g/mol. The van der Waals surface area contributed by atoms with Gasteiger partial charge in [0.2, 0.25) is 11.8 Å². The minimum Gasteiger partial charge on any atom is -0.296 e.